The molecule has 2 aromatic carbocycles. The molecule has 7 nitrogen and oxygen atoms in total. The third kappa shape index (κ3) is 4.30. The third-order valence-electron chi connectivity index (χ3n) is 4.70. The number of hydrogen-bond acceptors (Lipinski definition) is 6. The molecule has 0 bridgehead atoms. The van der Waals surface area contributed by atoms with Crippen LogP contribution in [0.5, 0.6) is 5.75 Å². The lowest BCUT2D eigenvalue weighted by molar-refractivity contribution is -0.123. The number of methoxy groups -OCH3 is 1. The fourth-order valence-electron chi connectivity index (χ4n) is 3.23. The quantitative estimate of drug-likeness (QED) is 0.632. The van der Waals surface area contributed by atoms with Gasteiger partial charge >= 0.3 is 5.97 Å². The van der Waals surface area contributed by atoms with Crippen molar-refractivity contribution in [3.05, 3.63) is 70.9 Å². The molecule has 0 spiro atoms. The van der Waals surface area contributed by atoms with E-state index in [9.17, 15) is 14.4 Å². The van der Waals surface area contributed by atoms with Crippen LogP contribution in [0.15, 0.2) is 48.5 Å². The Morgan fingerprint density at radius 3 is 2.47 bits per heavy atom. The van der Waals surface area contributed by atoms with E-state index in [1.807, 2.05) is 38.1 Å². The van der Waals surface area contributed by atoms with E-state index in [0.29, 0.717) is 23.4 Å². The second kappa shape index (κ2) is 9.17. The minimum absolute atomic E-state index is 0.211. The molecule has 0 aliphatic carbocycles. The molecule has 3 aromatic rings. The molecule has 154 valence electrons. The number of benzene rings is 2. The minimum atomic E-state index is -0.733. The predicted molar refractivity (Wildman–Crippen MR) is 112 cm³/mol. The van der Waals surface area contributed by atoms with Crippen LogP contribution in [0.1, 0.15) is 38.9 Å². The Bertz CT molecular complexity index is 1120. The van der Waals surface area contributed by atoms with Gasteiger partial charge in [0.05, 0.1) is 29.4 Å². The van der Waals surface area contributed by atoms with E-state index in [4.69, 9.17) is 9.47 Å². The van der Waals surface area contributed by atoms with E-state index in [2.05, 4.69) is 10.3 Å². The average Bonchev–Trinajstić information content (AvgIpc) is 2.77. The number of aromatic nitrogens is 1. The van der Waals surface area contributed by atoms with Crippen LogP contribution >= 0.6 is 0 Å². The Balaban J connectivity index is 1.72. The van der Waals surface area contributed by atoms with E-state index in [1.54, 1.807) is 18.2 Å². The lowest BCUT2D eigenvalue weighted by atomic mass is 10.0. The Kier molecular flexibility index (Phi) is 6.41. The first-order chi connectivity index (χ1) is 14.5. The lowest BCUT2D eigenvalue weighted by Gasteiger charge is -2.13. The van der Waals surface area contributed by atoms with Crippen molar-refractivity contribution in [2.75, 3.05) is 13.7 Å². The van der Waals surface area contributed by atoms with Crippen LogP contribution in [0.25, 0.3) is 10.9 Å². The van der Waals surface area contributed by atoms with Crippen LogP contribution in [0, 0.1) is 6.92 Å². The molecule has 1 N–H and O–H groups in total. The number of fused-ring (bicyclic) bond motifs is 1. The zero-order chi connectivity index (χ0) is 21.7. The molecule has 1 aromatic heterocycles. The summed E-state index contributed by atoms with van der Waals surface area (Å²) in [6, 6.07) is 14.0. The summed E-state index contributed by atoms with van der Waals surface area (Å²) in [7, 11) is 1.43. The van der Waals surface area contributed by atoms with Gasteiger partial charge < -0.3 is 9.47 Å². The zero-order valence-corrected chi connectivity index (χ0v) is 17.0. The third-order valence-corrected chi connectivity index (χ3v) is 4.70. The number of hydrogen-bond donors (Lipinski definition) is 1. The summed E-state index contributed by atoms with van der Waals surface area (Å²) in [6.45, 7) is 3.13. The number of carbonyl (C=O) groups excluding carboxylic acids is 3. The summed E-state index contributed by atoms with van der Waals surface area (Å²) in [5.74, 6) is -1.68. The molecule has 3 rings (SSSR count). The van der Waals surface area contributed by atoms with Gasteiger partial charge in [0.2, 0.25) is 0 Å². The average molecular weight is 406 g/mol. The molecule has 30 heavy (non-hydrogen) atoms. The number of amides is 2. The number of ether oxygens (including phenoxy) is 2. The van der Waals surface area contributed by atoms with Crippen LogP contribution < -0.4 is 10.1 Å². The maximum atomic E-state index is 12.7. The molecular formula is C23H22N2O5. The number of aryl methyl sites for hydroxylation is 2. The van der Waals surface area contributed by atoms with Gasteiger partial charge in [-0.15, -0.1) is 0 Å². The number of imide groups is 1. The summed E-state index contributed by atoms with van der Waals surface area (Å²) in [4.78, 5) is 41.7. The molecule has 0 unspecified atom stereocenters. The Labute approximate surface area is 174 Å². The minimum Gasteiger partial charge on any atom is -0.496 e. The van der Waals surface area contributed by atoms with Crippen molar-refractivity contribution in [3.63, 3.8) is 0 Å². The van der Waals surface area contributed by atoms with Crippen LogP contribution in [0.2, 0.25) is 0 Å². The monoisotopic (exact) mass is 406 g/mol. The lowest BCUT2D eigenvalue weighted by Crippen LogP contribution is -2.34. The van der Waals surface area contributed by atoms with Crippen molar-refractivity contribution in [2.24, 2.45) is 0 Å². The van der Waals surface area contributed by atoms with E-state index in [-0.39, 0.29) is 5.56 Å². The van der Waals surface area contributed by atoms with Gasteiger partial charge in [-0.1, -0.05) is 37.3 Å². The molecule has 7 heteroatoms. The van der Waals surface area contributed by atoms with Crippen molar-refractivity contribution in [3.8, 4) is 5.75 Å². The number of pyridine rings is 1. The van der Waals surface area contributed by atoms with Gasteiger partial charge in [-0.05, 0) is 37.1 Å². The van der Waals surface area contributed by atoms with Crippen molar-refractivity contribution in [1.29, 1.82) is 0 Å². The summed E-state index contributed by atoms with van der Waals surface area (Å²) >= 11 is 0. The zero-order valence-electron chi connectivity index (χ0n) is 17.0. The molecule has 0 fully saturated rings. The fraction of sp³-hybridized carbons (Fsp3) is 0.217. The van der Waals surface area contributed by atoms with Crippen LogP contribution in [0.3, 0.4) is 0 Å². The van der Waals surface area contributed by atoms with E-state index < -0.39 is 24.4 Å². The van der Waals surface area contributed by atoms with Gasteiger partial charge in [0.25, 0.3) is 11.8 Å². The van der Waals surface area contributed by atoms with Crippen LogP contribution in [-0.2, 0) is 16.0 Å². The van der Waals surface area contributed by atoms with Gasteiger partial charge in [-0.2, -0.15) is 0 Å². The predicted octanol–water partition coefficient (Wildman–Crippen LogP) is 3.23. The van der Waals surface area contributed by atoms with Crippen molar-refractivity contribution in [2.45, 2.75) is 20.3 Å². The maximum absolute atomic E-state index is 12.7. The number of para-hydroxylation sites is 2. The largest absolute Gasteiger partial charge is 0.496 e. The maximum Gasteiger partial charge on any atom is 0.340 e. The van der Waals surface area contributed by atoms with Crippen molar-refractivity contribution < 1.29 is 23.9 Å². The number of carbonyl (C=O) groups is 3. The standard InChI is InChI=1S/C23H22N2O5/c1-4-17-21(14(2)15-9-5-7-11-18(15)24-17)23(28)30-13-20(26)25-22(27)16-10-6-8-12-19(16)29-3/h5-12H,4,13H2,1-3H3,(H,25,26,27). The molecule has 1 heterocycles. The van der Waals surface area contributed by atoms with Crippen molar-refractivity contribution >= 4 is 28.7 Å². The molecule has 0 radical (unpaired) electrons. The van der Waals surface area contributed by atoms with Gasteiger partial charge in [-0.3, -0.25) is 19.9 Å². The van der Waals surface area contributed by atoms with Gasteiger partial charge in [0.15, 0.2) is 6.61 Å². The molecule has 0 aliphatic heterocycles. The van der Waals surface area contributed by atoms with Gasteiger partial charge in [0.1, 0.15) is 5.75 Å². The van der Waals surface area contributed by atoms with E-state index in [0.717, 1.165) is 16.5 Å². The first-order valence-electron chi connectivity index (χ1n) is 9.48. The highest BCUT2D eigenvalue weighted by atomic mass is 16.5. The fourth-order valence-corrected chi connectivity index (χ4v) is 3.23. The number of nitrogens with one attached hydrogen (secondary N) is 1. The summed E-state index contributed by atoms with van der Waals surface area (Å²) < 4.78 is 10.3. The molecule has 0 saturated heterocycles. The number of nitrogens with zero attached hydrogens (tertiary/aromatic N) is 1. The Morgan fingerprint density at radius 1 is 1.03 bits per heavy atom. The second-order valence-electron chi connectivity index (χ2n) is 6.58. The smallest absolute Gasteiger partial charge is 0.340 e. The number of esters is 1. The summed E-state index contributed by atoms with van der Waals surface area (Å²) in [6.07, 6.45) is 0.536. The highest BCUT2D eigenvalue weighted by molar-refractivity contribution is 6.07. The first-order valence-corrected chi connectivity index (χ1v) is 9.48. The summed E-state index contributed by atoms with van der Waals surface area (Å²) in [5, 5.41) is 3.04. The highest BCUT2D eigenvalue weighted by Crippen LogP contribution is 2.24. The van der Waals surface area contributed by atoms with E-state index >= 15 is 0 Å². The van der Waals surface area contributed by atoms with Crippen molar-refractivity contribution in [1.82, 2.24) is 10.3 Å². The second-order valence-corrected chi connectivity index (χ2v) is 6.58. The molecular weight excluding hydrogens is 384 g/mol. The Hall–Kier alpha value is -3.74. The highest BCUT2D eigenvalue weighted by Gasteiger charge is 2.21. The molecule has 0 aliphatic rings. The van der Waals surface area contributed by atoms with E-state index in [1.165, 1.54) is 13.2 Å². The number of rotatable bonds is 6. The molecule has 0 saturated carbocycles. The van der Waals surface area contributed by atoms with Crippen LogP contribution in [0.4, 0.5) is 0 Å². The van der Waals surface area contributed by atoms with Gasteiger partial charge in [-0.25, -0.2) is 4.79 Å². The Morgan fingerprint density at radius 2 is 1.73 bits per heavy atom. The van der Waals surface area contributed by atoms with Gasteiger partial charge in [0, 0.05) is 5.39 Å². The summed E-state index contributed by atoms with van der Waals surface area (Å²) in [5.41, 5.74) is 2.70. The van der Waals surface area contributed by atoms with Crippen LogP contribution in [-0.4, -0.2) is 36.5 Å². The SMILES string of the molecule is CCc1nc2ccccc2c(C)c1C(=O)OCC(=O)NC(=O)c1ccccc1OC. The first kappa shape index (κ1) is 21.0. The normalized spacial score (nSPS) is 10.5. The molecule has 2 amide bonds. The topological polar surface area (TPSA) is 94.6 Å². The molecule has 0 atom stereocenters.